The van der Waals surface area contributed by atoms with Crippen molar-refractivity contribution >= 4 is 11.7 Å². The molecule has 0 spiro atoms. The molecule has 0 unspecified atom stereocenters. The second-order valence-electron chi connectivity index (χ2n) is 5.56. The highest BCUT2D eigenvalue weighted by Crippen LogP contribution is 2.27. The molecule has 0 aliphatic rings. The number of nitrogens with one attached hydrogen (secondary N) is 1. The number of carbonyl (C=O) groups excluding carboxylic acids is 1. The van der Waals surface area contributed by atoms with Gasteiger partial charge in [-0.1, -0.05) is 6.07 Å². The number of carbonyl (C=O) groups is 1. The van der Waals surface area contributed by atoms with E-state index in [0.717, 1.165) is 17.0 Å². The highest BCUT2D eigenvalue weighted by atomic mass is 16.5. The zero-order valence-corrected chi connectivity index (χ0v) is 14.5. The van der Waals surface area contributed by atoms with E-state index in [0.29, 0.717) is 23.8 Å². The molecule has 0 aliphatic carbocycles. The van der Waals surface area contributed by atoms with Crippen LogP contribution in [0.25, 0.3) is 5.78 Å². The quantitative estimate of drug-likeness (QED) is 0.759. The molecule has 8 nitrogen and oxygen atoms in total. The van der Waals surface area contributed by atoms with E-state index in [1.54, 1.807) is 24.8 Å². The van der Waals surface area contributed by atoms with Crippen molar-refractivity contribution in [3.05, 3.63) is 47.0 Å². The third-order valence-electron chi connectivity index (χ3n) is 3.72. The lowest BCUT2D eigenvalue weighted by Gasteiger charge is -2.09. The minimum atomic E-state index is -0.364. The number of rotatable bonds is 5. The maximum absolute atomic E-state index is 12.3. The molecular weight excluding hydrogens is 322 g/mol. The number of benzene rings is 1. The number of aromatic nitrogens is 4. The van der Waals surface area contributed by atoms with E-state index in [4.69, 9.17) is 9.47 Å². The fourth-order valence-corrected chi connectivity index (χ4v) is 2.51. The van der Waals surface area contributed by atoms with E-state index in [9.17, 15) is 4.79 Å². The molecule has 1 N–H and O–H groups in total. The Morgan fingerprint density at radius 2 is 1.88 bits per heavy atom. The van der Waals surface area contributed by atoms with Crippen molar-refractivity contribution in [2.45, 2.75) is 20.4 Å². The minimum absolute atomic E-state index is 0.0849. The van der Waals surface area contributed by atoms with E-state index >= 15 is 0 Å². The van der Waals surface area contributed by atoms with E-state index in [-0.39, 0.29) is 11.7 Å². The molecule has 0 fully saturated rings. The van der Waals surface area contributed by atoms with Gasteiger partial charge in [-0.25, -0.2) is 9.50 Å². The van der Waals surface area contributed by atoms with Gasteiger partial charge in [-0.05, 0) is 37.6 Å². The standard InChI is InChI=1S/C17H19N5O3/c1-10-7-11(2)22-17(19-10)20-15(21-22)16(23)18-9-12-5-6-13(24-3)14(8-12)25-4/h5-8H,9H2,1-4H3,(H,18,23). The van der Waals surface area contributed by atoms with Crippen LogP contribution in [0.4, 0.5) is 0 Å². The lowest BCUT2D eigenvalue weighted by atomic mass is 10.2. The molecule has 8 heteroatoms. The molecule has 0 radical (unpaired) electrons. The number of fused-ring (bicyclic) bond motifs is 1. The van der Waals surface area contributed by atoms with Crippen LogP contribution < -0.4 is 14.8 Å². The predicted octanol–water partition coefficient (Wildman–Crippen LogP) is 1.69. The van der Waals surface area contributed by atoms with Crippen LogP contribution in [-0.2, 0) is 6.54 Å². The SMILES string of the molecule is COc1ccc(CNC(=O)c2nc3nc(C)cc(C)n3n2)cc1OC. The summed E-state index contributed by atoms with van der Waals surface area (Å²) in [6.07, 6.45) is 0. The van der Waals surface area contributed by atoms with Crippen molar-refractivity contribution in [1.29, 1.82) is 0 Å². The van der Waals surface area contributed by atoms with Crippen molar-refractivity contribution in [2.75, 3.05) is 14.2 Å². The normalized spacial score (nSPS) is 10.7. The van der Waals surface area contributed by atoms with Crippen LogP contribution in [0.2, 0.25) is 0 Å². The highest BCUT2D eigenvalue weighted by Gasteiger charge is 2.15. The Labute approximate surface area is 144 Å². The number of methoxy groups -OCH3 is 2. The van der Waals surface area contributed by atoms with Gasteiger partial charge in [0.25, 0.3) is 11.7 Å². The summed E-state index contributed by atoms with van der Waals surface area (Å²) in [6, 6.07) is 7.34. The Morgan fingerprint density at radius 3 is 2.60 bits per heavy atom. The smallest absolute Gasteiger partial charge is 0.291 e. The second kappa shape index (κ2) is 6.76. The van der Waals surface area contributed by atoms with Crippen LogP contribution in [0, 0.1) is 13.8 Å². The zero-order valence-electron chi connectivity index (χ0n) is 14.5. The van der Waals surface area contributed by atoms with Crippen molar-refractivity contribution < 1.29 is 14.3 Å². The molecular formula is C17H19N5O3. The first kappa shape index (κ1) is 16.7. The summed E-state index contributed by atoms with van der Waals surface area (Å²) in [4.78, 5) is 20.8. The van der Waals surface area contributed by atoms with Gasteiger partial charge in [-0.2, -0.15) is 4.98 Å². The van der Waals surface area contributed by atoms with Gasteiger partial charge in [-0.15, -0.1) is 5.10 Å². The molecule has 2 heterocycles. The summed E-state index contributed by atoms with van der Waals surface area (Å²) in [6.45, 7) is 4.08. The lowest BCUT2D eigenvalue weighted by molar-refractivity contribution is 0.0940. The molecule has 0 saturated carbocycles. The van der Waals surface area contributed by atoms with E-state index in [2.05, 4.69) is 20.4 Å². The van der Waals surface area contributed by atoms with E-state index < -0.39 is 0 Å². The molecule has 0 bridgehead atoms. The summed E-state index contributed by atoms with van der Waals surface area (Å²) >= 11 is 0. The first-order valence-electron chi connectivity index (χ1n) is 7.72. The first-order valence-corrected chi connectivity index (χ1v) is 7.72. The average molecular weight is 341 g/mol. The van der Waals surface area contributed by atoms with Gasteiger partial charge in [0.05, 0.1) is 14.2 Å². The molecule has 25 heavy (non-hydrogen) atoms. The molecule has 3 rings (SSSR count). The Hall–Kier alpha value is -3.16. The summed E-state index contributed by atoms with van der Waals surface area (Å²) in [7, 11) is 3.14. The Kier molecular flexibility index (Phi) is 4.51. The summed E-state index contributed by atoms with van der Waals surface area (Å²) in [5.41, 5.74) is 2.57. The van der Waals surface area contributed by atoms with E-state index in [1.165, 1.54) is 0 Å². The Balaban J connectivity index is 1.76. The number of amides is 1. The summed E-state index contributed by atoms with van der Waals surface area (Å²) in [5, 5.41) is 7.01. The van der Waals surface area contributed by atoms with Crippen molar-refractivity contribution in [2.24, 2.45) is 0 Å². The minimum Gasteiger partial charge on any atom is -0.493 e. The summed E-state index contributed by atoms with van der Waals surface area (Å²) < 4.78 is 12.0. The molecule has 0 aliphatic heterocycles. The van der Waals surface area contributed by atoms with Crippen LogP contribution in [-0.4, -0.2) is 39.7 Å². The van der Waals surface area contributed by atoms with Crippen LogP contribution in [0.5, 0.6) is 11.5 Å². The van der Waals surface area contributed by atoms with Crippen LogP contribution in [0.1, 0.15) is 27.6 Å². The number of ether oxygens (including phenoxy) is 2. The molecule has 1 amide bonds. The van der Waals surface area contributed by atoms with E-state index in [1.807, 2.05) is 32.0 Å². The predicted molar refractivity (Wildman–Crippen MR) is 91.0 cm³/mol. The number of hydrogen-bond acceptors (Lipinski definition) is 6. The van der Waals surface area contributed by atoms with Crippen molar-refractivity contribution in [3.8, 4) is 11.5 Å². The van der Waals surface area contributed by atoms with Gasteiger partial charge in [0.15, 0.2) is 11.5 Å². The monoisotopic (exact) mass is 341 g/mol. The molecule has 0 saturated heterocycles. The van der Waals surface area contributed by atoms with Gasteiger partial charge >= 0.3 is 0 Å². The Morgan fingerprint density at radius 1 is 1.12 bits per heavy atom. The highest BCUT2D eigenvalue weighted by molar-refractivity contribution is 5.90. The third-order valence-corrected chi connectivity index (χ3v) is 3.72. The van der Waals surface area contributed by atoms with Gasteiger partial charge in [0.1, 0.15) is 0 Å². The maximum atomic E-state index is 12.3. The summed E-state index contributed by atoms with van der Waals surface area (Å²) in [5.74, 6) is 1.37. The second-order valence-corrected chi connectivity index (χ2v) is 5.56. The fourth-order valence-electron chi connectivity index (χ4n) is 2.51. The van der Waals surface area contributed by atoms with Gasteiger partial charge in [0.2, 0.25) is 5.82 Å². The Bertz CT molecular complexity index is 935. The average Bonchev–Trinajstić information content (AvgIpc) is 3.03. The zero-order chi connectivity index (χ0) is 18.0. The van der Waals surface area contributed by atoms with Gasteiger partial charge in [0, 0.05) is 17.9 Å². The van der Waals surface area contributed by atoms with Crippen LogP contribution in [0.3, 0.4) is 0 Å². The topological polar surface area (TPSA) is 90.6 Å². The van der Waals surface area contributed by atoms with Gasteiger partial charge in [-0.3, -0.25) is 4.79 Å². The van der Waals surface area contributed by atoms with Crippen molar-refractivity contribution in [1.82, 2.24) is 24.9 Å². The maximum Gasteiger partial charge on any atom is 0.291 e. The molecule has 1 aromatic carbocycles. The molecule has 130 valence electrons. The first-order chi connectivity index (χ1) is 12.0. The largest absolute Gasteiger partial charge is 0.493 e. The van der Waals surface area contributed by atoms with Crippen molar-refractivity contribution in [3.63, 3.8) is 0 Å². The van der Waals surface area contributed by atoms with Gasteiger partial charge < -0.3 is 14.8 Å². The van der Waals surface area contributed by atoms with Crippen LogP contribution in [0.15, 0.2) is 24.3 Å². The van der Waals surface area contributed by atoms with Crippen LogP contribution >= 0.6 is 0 Å². The fraction of sp³-hybridized carbons (Fsp3) is 0.294. The molecule has 3 aromatic rings. The lowest BCUT2D eigenvalue weighted by Crippen LogP contribution is -2.24. The third kappa shape index (κ3) is 3.37. The number of aryl methyl sites for hydroxylation is 2. The number of hydrogen-bond donors (Lipinski definition) is 1. The number of nitrogens with zero attached hydrogens (tertiary/aromatic N) is 4. The molecule has 2 aromatic heterocycles. The molecule has 0 atom stereocenters.